The van der Waals surface area contributed by atoms with Crippen LogP contribution in [0.5, 0.6) is 0 Å². The van der Waals surface area contributed by atoms with Crippen LogP contribution in [0, 0.1) is 5.92 Å². The van der Waals surface area contributed by atoms with Crippen LogP contribution in [-0.2, 0) is 11.2 Å². The lowest BCUT2D eigenvalue weighted by Gasteiger charge is -2.30. The molecule has 0 bridgehead atoms. The molecule has 3 rings (SSSR count). The van der Waals surface area contributed by atoms with E-state index in [-0.39, 0.29) is 11.8 Å². The van der Waals surface area contributed by atoms with Gasteiger partial charge in [0.1, 0.15) is 0 Å². The average molecular weight is 301 g/mol. The first kappa shape index (κ1) is 15.3. The second-order valence-electron chi connectivity index (χ2n) is 6.74. The predicted molar refractivity (Wildman–Crippen MR) is 90.2 cm³/mol. The van der Waals surface area contributed by atoms with Crippen molar-refractivity contribution < 1.29 is 4.79 Å². The van der Waals surface area contributed by atoms with E-state index in [1.165, 1.54) is 11.3 Å². The predicted octanol–water partition coefficient (Wildman–Crippen LogP) is 1.94. The van der Waals surface area contributed by atoms with Crippen molar-refractivity contribution in [3.8, 4) is 0 Å². The zero-order valence-electron chi connectivity index (χ0n) is 13.6. The van der Waals surface area contributed by atoms with Gasteiger partial charge >= 0.3 is 0 Å². The van der Waals surface area contributed by atoms with E-state index in [4.69, 9.17) is 0 Å². The van der Waals surface area contributed by atoms with Gasteiger partial charge in [-0.15, -0.1) is 0 Å². The van der Waals surface area contributed by atoms with Crippen molar-refractivity contribution in [1.82, 2.24) is 10.6 Å². The molecule has 4 heteroatoms. The molecule has 0 spiro atoms. The minimum Gasteiger partial charge on any atom is -0.366 e. The Morgan fingerprint density at radius 3 is 3.09 bits per heavy atom. The maximum Gasteiger partial charge on any atom is 0.223 e. The van der Waals surface area contributed by atoms with Gasteiger partial charge in [0.25, 0.3) is 0 Å². The molecule has 1 aromatic carbocycles. The highest BCUT2D eigenvalue weighted by atomic mass is 16.1. The van der Waals surface area contributed by atoms with Crippen molar-refractivity contribution in [3.05, 3.63) is 29.8 Å². The monoisotopic (exact) mass is 301 g/mol. The Labute approximate surface area is 133 Å². The van der Waals surface area contributed by atoms with Crippen LogP contribution in [0.3, 0.4) is 0 Å². The van der Waals surface area contributed by atoms with Crippen LogP contribution in [0.4, 0.5) is 5.69 Å². The Hall–Kier alpha value is -1.55. The maximum absolute atomic E-state index is 12.4. The van der Waals surface area contributed by atoms with Crippen molar-refractivity contribution in [3.63, 3.8) is 0 Å². The summed E-state index contributed by atoms with van der Waals surface area (Å²) in [6, 6.07) is 9.39. The van der Waals surface area contributed by atoms with Crippen molar-refractivity contribution in [1.29, 1.82) is 0 Å². The number of hydrogen-bond donors (Lipinski definition) is 2. The highest BCUT2D eigenvalue weighted by Crippen LogP contribution is 2.29. The second kappa shape index (κ2) is 6.69. The van der Waals surface area contributed by atoms with Crippen LogP contribution in [-0.4, -0.2) is 37.6 Å². The number of rotatable bonds is 4. The molecule has 2 N–H and O–H groups in total. The lowest BCUT2D eigenvalue weighted by atomic mass is 9.92. The van der Waals surface area contributed by atoms with Crippen LogP contribution in [0.15, 0.2) is 24.3 Å². The molecule has 0 aromatic heterocycles. The molecule has 1 saturated heterocycles. The lowest BCUT2D eigenvalue weighted by molar-refractivity contribution is -0.126. The molecule has 4 nitrogen and oxygen atoms in total. The fourth-order valence-corrected chi connectivity index (χ4v) is 3.69. The molecule has 0 aliphatic carbocycles. The number of para-hydroxylation sites is 1. The van der Waals surface area contributed by atoms with Crippen LogP contribution in [0.2, 0.25) is 0 Å². The van der Waals surface area contributed by atoms with E-state index >= 15 is 0 Å². The largest absolute Gasteiger partial charge is 0.366 e. The molecule has 1 amide bonds. The van der Waals surface area contributed by atoms with Crippen LogP contribution in [0.1, 0.15) is 32.3 Å². The Balaban J connectivity index is 1.52. The summed E-state index contributed by atoms with van der Waals surface area (Å²) >= 11 is 0. The fourth-order valence-electron chi connectivity index (χ4n) is 3.69. The third-order valence-electron chi connectivity index (χ3n) is 5.02. The van der Waals surface area contributed by atoms with Crippen molar-refractivity contribution in [2.24, 2.45) is 5.92 Å². The van der Waals surface area contributed by atoms with Gasteiger partial charge in [-0.3, -0.25) is 4.79 Å². The zero-order valence-corrected chi connectivity index (χ0v) is 13.6. The number of fused-ring (bicyclic) bond motifs is 1. The normalized spacial score (nSPS) is 25.6. The topological polar surface area (TPSA) is 44.4 Å². The Bertz CT molecular complexity index is 531. The van der Waals surface area contributed by atoms with E-state index in [2.05, 4.69) is 53.6 Å². The molecule has 2 aliphatic heterocycles. The number of carbonyl (C=O) groups is 1. The highest BCUT2D eigenvalue weighted by molar-refractivity contribution is 5.79. The number of nitrogens with one attached hydrogen (secondary N) is 2. The van der Waals surface area contributed by atoms with E-state index in [9.17, 15) is 4.79 Å². The molecule has 0 radical (unpaired) electrons. The summed E-state index contributed by atoms with van der Waals surface area (Å²) < 4.78 is 0. The number of hydrogen-bond acceptors (Lipinski definition) is 3. The molecule has 1 aromatic rings. The van der Waals surface area contributed by atoms with Crippen LogP contribution in [0.25, 0.3) is 0 Å². The molecule has 2 heterocycles. The van der Waals surface area contributed by atoms with E-state index in [1.807, 2.05) is 0 Å². The summed E-state index contributed by atoms with van der Waals surface area (Å²) in [5.41, 5.74) is 2.76. The minimum atomic E-state index is 0.175. The van der Waals surface area contributed by atoms with Gasteiger partial charge < -0.3 is 15.5 Å². The minimum absolute atomic E-state index is 0.175. The van der Waals surface area contributed by atoms with Gasteiger partial charge in [0.05, 0.1) is 0 Å². The number of benzene rings is 1. The zero-order chi connectivity index (χ0) is 15.5. The van der Waals surface area contributed by atoms with E-state index < -0.39 is 0 Å². The summed E-state index contributed by atoms with van der Waals surface area (Å²) in [7, 11) is 0. The van der Waals surface area contributed by atoms with Gasteiger partial charge in [-0.05, 0) is 51.3 Å². The molecular weight excluding hydrogens is 274 g/mol. The first-order valence-corrected chi connectivity index (χ1v) is 8.51. The number of amides is 1. The van der Waals surface area contributed by atoms with E-state index in [0.29, 0.717) is 12.1 Å². The van der Waals surface area contributed by atoms with Gasteiger partial charge in [-0.25, -0.2) is 0 Å². The second-order valence-corrected chi connectivity index (χ2v) is 6.74. The summed E-state index contributed by atoms with van der Waals surface area (Å²) in [4.78, 5) is 14.8. The molecule has 3 atom stereocenters. The van der Waals surface area contributed by atoms with E-state index in [0.717, 1.165) is 38.9 Å². The number of anilines is 1. The van der Waals surface area contributed by atoms with Gasteiger partial charge in [0.15, 0.2) is 0 Å². The highest BCUT2D eigenvalue weighted by Gasteiger charge is 2.26. The van der Waals surface area contributed by atoms with Gasteiger partial charge in [-0.2, -0.15) is 0 Å². The molecule has 2 aliphatic rings. The van der Waals surface area contributed by atoms with Crippen molar-refractivity contribution in [2.75, 3.05) is 24.5 Å². The standard InChI is InChI=1S/C18H27N3O/c1-13-11-16(7-9-19-13)18(22)20-12-14(2)21-10-8-15-5-3-4-6-17(15)21/h3-6,13-14,16,19H,7-12H2,1-2H3,(H,20,22)/t13-,14?,16-/m0/s1. The van der Waals surface area contributed by atoms with Crippen molar-refractivity contribution in [2.45, 2.75) is 45.2 Å². The third-order valence-corrected chi connectivity index (χ3v) is 5.02. The van der Waals surface area contributed by atoms with Crippen LogP contribution < -0.4 is 15.5 Å². The SMILES string of the molecule is CC(CNC(=O)[C@H]1CCN[C@@H](C)C1)N1CCc2ccccc21. The molecule has 120 valence electrons. The average Bonchev–Trinajstić information content (AvgIpc) is 2.96. The molecule has 22 heavy (non-hydrogen) atoms. The smallest absolute Gasteiger partial charge is 0.223 e. The Kier molecular flexibility index (Phi) is 4.67. The van der Waals surface area contributed by atoms with Gasteiger partial charge in [0.2, 0.25) is 5.91 Å². The molecular formula is C18H27N3O. The number of carbonyl (C=O) groups excluding carboxylic acids is 1. The summed E-state index contributed by atoms with van der Waals surface area (Å²) in [6.45, 7) is 7.09. The third kappa shape index (κ3) is 3.27. The van der Waals surface area contributed by atoms with E-state index in [1.54, 1.807) is 0 Å². The van der Waals surface area contributed by atoms with Crippen LogP contribution >= 0.6 is 0 Å². The number of piperidine rings is 1. The lowest BCUT2D eigenvalue weighted by Crippen LogP contribution is -2.46. The quantitative estimate of drug-likeness (QED) is 0.893. The van der Waals surface area contributed by atoms with Gasteiger partial charge in [-0.1, -0.05) is 18.2 Å². The molecule has 0 saturated carbocycles. The summed E-state index contributed by atoms with van der Waals surface area (Å²) in [5.74, 6) is 0.405. The summed E-state index contributed by atoms with van der Waals surface area (Å²) in [6.07, 6.45) is 3.02. The number of nitrogens with zero attached hydrogens (tertiary/aromatic N) is 1. The summed E-state index contributed by atoms with van der Waals surface area (Å²) in [5, 5.41) is 6.57. The Morgan fingerprint density at radius 1 is 1.45 bits per heavy atom. The van der Waals surface area contributed by atoms with Crippen molar-refractivity contribution >= 4 is 11.6 Å². The first-order valence-electron chi connectivity index (χ1n) is 8.51. The Morgan fingerprint density at radius 2 is 2.27 bits per heavy atom. The molecule has 1 unspecified atom stereocenters. The first-order chi connectivity index (χ1) is 10.6. The fraction of sp³-hybridized carbons (Fsp3) is 0.611. The molecule has 1 fully saturated rings. The maximum atomic E-state index is 12.4. The van der Waals surface area contributed by atoms with Gasteiger partial charge in [0, 0.05) is 36.8 Å².